The topological polar surface area (TPSA) is 127 Å². The van der Waals surface area contributed by atoms with Gasteiger partial charge >= 0.3 is 5.97 Å². The van der Waals surface area contributed by atoms with Crippen molar-refractivity contribution in [2.45, 2.75) is 25.3 Å². The molecule has 96 valence electrons. The van der Waals surface area contributed by atoms with Crippen LogP contribution in [-0.2, 0) is 14.4 Å². The number of carbonyl (C=O) groups excluding carboxylic acids is 2. The second kappa shape index (κ2) is 5.62. The van der Waals surface area contributed by atoms with Gasteiger partial charge in [-0.15, -0.1) is 0 Å². The van der Waals surface area contributed by atoms with E-state index in [1.807, 2.05) is 0 Å². The summed E-state index contributed by atoms with van der Waals surface area (Å²) < 4.78 is 0. The highest BCUT2D eigenvalue weighted by molar-refractivity contribution is 5.88. The summed E-state index contributed by atoms with van der Waals surface area (Å²) in [6.07, 6.45) is 0.975. The zero-order valence-electron chi connectivity index (χ0n) is 9.46. The Balaban J connectivity index is 2.57. The molecule has 1 fully saturated rings. The summed E-state index contributed by atoms with van der Waals surface area (Å²) in [5.74, 6) is -2.51. The summed E-state index contributed by atoms with van der Waals surface area (Å²) in [7, 11) is 0. The van der Waals surface area contributed by atoms with Gasteiger partial charge in [0.25, 0.3) is 0 Å². The molecule has 0 aromatic rings. The summed E-state index contributed by atoms with van der Waals surface area (Å²) in [4.78, 5) is 34.7. The Labute approximate surface area is 98.7 Å². The third-order valence-corrected chi connectivity index (χ3v) is 2.82. The second-order valence-electron chi connectivity index (χ2n) is 4.24. The lowest BCUT2D eigenvalue weighted by Crippen LogP contribution is -2.50. The highest BCUT2D eigenvalue weighted by Gasteiger charge is 2.30. The number of carboxylic acids is 1. The zero-order chi connectivity index (χ0) is 13.0. The van der Waals surface area contributed by atoms with Gasteiger partial charge in [-0.1, -0.05) is 0 Å². The summed E-state index contributed by atoms with van der Waals surface area (Å²) in [6, 6.07) is -0.972. The lowest BCUT2D eigenvalue weighted by atomic mass is 9.97. The third-order valence-electron chi connectivity index (χ3n) is 2.82. The van der Waals surface area contributed by atoms with Gasteiger partial charge in [-0.25, -0.2) is 0 Å². The molecule has 0 aromatic heterocycles. The van der Waals surface area contributed by atoms with Crippen molar-refractivity contribution >= 4 is 17.8 Å². The van der Waals surface area contributed by atoms with E-state index in [0.29, 0.717) is 19.4 Å². The zero-order valence-corrected chi connectivity index (χ0v) is 9.46. The highest BCUT2D eigenvalue weighted by atomic mass is 16.4. The van der Waals surface area contributed by atoms with Crippen LogP contribution in [-0.4, -0.2) is 46.9 Å². The molecule has 1 aliphatic rings. The minimum absolute atomic E-state index is 0.153. The third kappa shape index (κ3) is 3.70. The van der Waals surface area contributed by atoms with Crippen LogP contribution in [0.25, 0.3) is 0 Å². The monoisotopic (exact) mass is 243 g/mol. The molecule has 1 saturated heterocycles. The van der Waals surface area contributed by atoms with Crippen molar-refractivity contribution in [2.24, 2.45) is 17.4 Å². The smallest absolute Gasteiger partial charge is 0.308 e. The number of amides is 2. The predicted octanol–water partition coefficient (Wildman–Crippen LogP) is -1.49. The lowest BCUT2D eigenvalue weighted by Gasteiger charge is -2.32. The largest absolute Gasteiger partial charge is 0.481 e. The molecule has 0 aliphatic carbocycles. The molecule has 1 aliphatic heterocycles. The maximum atomic E-state index is 11.8. The van der Waals surface area contributed by atoms with E-state index in [0.717, 1.165) is 0 Å². The summed E-state index contributed by atoms with van der Waals surface area (Å²) in [5.41, 5.74) is 10.5. The van der Waals surface area contributed by atoms with Crippen molar-refractivity contribution in [1.82, 2.24) is 4.90 Å². The van der Waals surface area contributed by atoms with Crippen LogP contribution in [0.2, 0.25) is 0 Å². The average Bonchev–Trinajstić information content (AvgIpc) is 2.27. The molecule has 2 amide bonds. The standard InChI is InChI=1S/C10H17N3O4/c11-7(4-8(12)14)9(15)13-3-1-2-6(5-13)10(16)17/h6-7H,1-5,11H2,(H2,12,14)(H,16,17)/t6-,7?/m1/s1. The normalized spacial score (nSPS) is 21.9. The fraction of sp³-hybridized carbons (Fsp3) is 0.700. The van der Waals surface area contributed by atoms with Crippen molar-refractivity contribution in [3.63, 3.8) is 0 Å². The molecule has 1 heterocycles. The Morgan fingerprint density at radius 3 is 2.59 bits per heavy atom. The number of piperidine rings is 1. The SMILES string of the molecule is NC(=O)CC(N)C(=O)N1CCC[C@@H](C(=O)O)C1. The molecule has 1 rings (SSSR count). The summed E-state index contributed by atoms with van der Waals surface area (Å²) >= 11 is 0. The van der Waals surface area contributed by atoms with Gasteiger partial charge in [0.05, 0.1) is 18.4 Å². The first kappa shape index (κ1) is 13.4. The minimum atomic E-state index is -0.972. The lowest BCUT2D eigenvalue weighted by molar-refractivity contribution is -0.146. The van der Waals surface area contributed by atoms with Gasteiger partial charge < -0.3 is 21.5 Å². The fourth-order valence-electron chi connectivity index (χ4n) is 1.92. The van der Waals surface area contributed by atoms with Gasteiger partial charge in [-0.3, -0.25) is 14.4 Å². The Hall–Kier alpha value is -1.63. The van der Waals surface area contributed by atoms with E-state index in [1.165, 1.54) is 4.90 Å². The van der Waals surface area contributed by atoms with Gasteiger partial charge in [0.1, 0.15) is 0 Å². The van der Waals surface area contributed by atoms with E-state index in [4.69, 9.17) is 16.6 Å². The molecule has 0 aromatic carbocycles. The molecule has 2 atom stereocenters. The number of nitrogens with two attached hydrogens (primary N) is 2. The van der Waals surface area contributed by atoms with E-state index in [2.05, 4.69) is 0 Å². The van der Waals surface area contributed by atoms with Crippen molar-refractivity contribution in [1.29, 1.82) is 0 Å². The predicted molar refractivity (Wildman–Crippen MR) is 58.7 cm³/mol. The number of hydrogen-bond acceptors (Lipinski definition) is 4. The Kier molecular flexibility index (Phi) is 4.45. The van der Waals surface area contributed by atoms with E-state index >= 15 is 0 Å². The molecule has 7 nitrogen and oxygen atoms in total. The van der Waals surface area contributed by atoms with Gasteiger partial charge in [-0.05, 0) is 12.8 Å². The van der Waals surface area contributed by atoms with Gasteiger partial charge in [0, 0.05) is 13.1 Å². The number of rotatable bonds is 4. The maximum Gasteiger partial charge on any atom is 0.308 e. The van der Waals surface area contributed by atoms with Crippen LogP contribution >= 0.6 is 0 Å². The van der Waals surface area contributed by atoms with Crippen LogP contribution in [0, 0.1) is 5.92 Å². The summed E-state index contributed by atoms with van der Waals surface area (Å²) in [5, 5.41) is 8.88. The number of carboxylic acid groups (broad SMARTS) is 1. The quantitative estimate of drug-likeness (QED) is 0.554. The van der Waals surface area contributed by atoms with Gasteiger partial charge in [-0.2, -0.15) is 0 Å². The van der Waals surface area contributed by atoms with E-state index in [9.17, 15) is 14.4 Å². The number of hydrogen-bond donors (Lipinski definition) is 3. The maximum absolute atomic E-state index is 11.8. The van der Waals surface area contributed by atoms with Crippen LogP contribution in [0.15, 0.2) is 0 Å². The highest BCUT2D eigenvalue weighted by Crippen LogP contribution is 2.17. The molecular weight excluding hydrogens is 226 g/mol. The number of primary amides is 1. The Morgan fingerprint density at radius 1 is 1.41 bits per heavy atom. The molecule has 0 radical (unpaired) electrons. The molecule has 17 heavy (non-hydrogen) atoms. The number of carbonyl (C=O) groups is 3. The molecular formula is C10H17N3O4. The van der Waals surface area contributed by atoms with Crippen LogP contribution < -0.4 is 11.5 Å². The van der Waals surface area contributed by atoms with Crippen LogP contribution in [0.3, 0.4) is 0 Å². The molecule has 0 spiro atoms. The number of likely N-dealkylation sites (tertiary alicyclic amines) is 1. The van der Waals surface area contributed by atoms with Crippen LogP contribution in [0.5, 0.6) is 0 Å². The molecule has 0 bridgehead atoms. The molecule has 0 saturated carbocycles. The molecule has 7 heteroatoms. The summed E-state index contributed by atoms with van der Waals surface area (Å²) in [6.45, 7) is 0.635. The van der Waals surface area contributed by atoms with Crippen molar-refractivity contribution in [3.05, 3.63) is 0 Å². The Bertz CT molecular complexity index is 332. The number of aliphatic carboxylic acids is 1. The average molecular weight is 243 g/mol. The van der Waals surface area contributed by atoms with Crippen LogP contribution in [0.1, 0.15) is 19.3 Å². The second-order valence-corrected chi connectivity index (χ2v) is 4.24. The van der Waals surface area contributed by atoms with Crippen molar-refractivity contribution in [2.75, 3.05) is 13.1 Å². The first-order valence-electron chi connectivity index (χ1n) is 5.47. The first-order chi connectivity index (χ1) is 7.91. The van der Waals surface area contributed by atoms with Gasteiger partial charge in [0.2, 0.25) is 11.8 Å². The minimum Gasteiger partial charge on any atom is -0.481 e. The first-order valence-corrected chi connectivity index (χ1v) is 5.47. The van der Waals surface area contributed by atoms with Crippen molar-refractivity contribution < 1.29 is 19.5 Å². The van der Waals surface area contributed by atoms with Crippen LogP contribution in [0.4, 0.5) is 0 Å². The number of nitrogens with zero attached hydrogens (tertiary/aromatic N) is 1. The van der Waals surface area contributed by atoms with E-state index in [-0.39, 0.29) is 13.0 Å². The van der Waals surface area contributed by atoms with E-state index in [1.54, 1.807) is 0 Å². The molecule has 5 N–H and O–H groups in total. The fourth-order valence-corrected chi connectivity index (χ4v) is 1.92. The molecule has 1 unspecified atom stereocenters. The van der Waals surface area contributed by atoms with Crippen molar-refractivity contribution in [3.8, 4) is 0 Å². The van der Waals surface area contributed by atoms with E-state index < -0.39 is 29.7 Å². The Morgan fingerprint density at radius 2 is 2.06 bits per heavy atom. The van der Waals surface area contributed by atoms with Gasteiger partial charge in [0.15, 0.2) is 0 Å².